The van der Waals surface area contributed by atoms with Crippen LogP contribution in [-0.2, 0) is 10.0 Å². The Labute approximate surface area is 138 Å². The van der Waals surface area contributed by atoms with E-state index in [0.717, 1.165) is 31.7 Å². The average Bonchev–Trinajstić information content (AvgIpc) is 2.45. The summed E-state index contributed by atoms with van der Waals surface area (Å²) in [5.41, 5.74) is 6.33. The lowest BCUT2D eigenvalue weighted by molar-refractivity contribution is 0.294. The summed E-state index contributed by atoms with van der Waals surface area (Å²) in [5.74, 6) is -0.273. The van der Waals surface area contributed by atoms with Crippen LogP contribution in [0.15, 0.2) is 23.1 Å². The zero-order chi connectivity index (χ0) is 15.5. The Hall–Kier alpha value is -0.690. The lowest BCUT2D eigenvalue weighted by Crippen LogP contribution is -2.45. The molecule has 0 amide bonds. The Bertz CT molecular complexity index is 569. The smallest absolute Gasteiger partial charge is 0.240 e. The Kier molecular flexibility index (Phi) is 7.25. The van der Waals surface area contributed by atoms with E-state index in [0.29, 0.717) is 5.56 Å². The Morgan fingerprint density at radius 3 is 2.45 bits per heavy atom. The maximum absolute atomic E-state index is 13.4. The molecule has 0 aliphatic heterocycles. The van der Waals surface area contributed by atoms with E-state index in [-0.39, 0.29) is 35.8 Å². The first-order valence-corrected chi connectivity index (χ1v) is 8.90. The minimum absolute atomic E-state index is 0. The summed E-state index contributed by atoms with van der Waals surface area (Å²) in [6.07, 6.45) is 5.41. The van der Waals surface area contributed by atoms with E-state index in [9.17, 15) is 12.8 Å². The minimum atomic E-state index is -3.74. The van der Waals surface area contributed by atoms with Crippen molar-refractivity contribution in [2.24, 2.45) is 11.7 Å². The van der Waals surface area contributed by atoms with Gasteiger partial charge < -0.3 is 5.73 Å². The van der Waals surface area contributed by atoms with E-state index in [1.807, 2.05) is 0 Å². The van der Waals surface area contributed by atoms with E-state index in [1.54, 1.807) is 6.92 Å². The Morgan fingerprint density at radius 1 is 1.27 bits per heavy atom. The molecule has 0 bridgehead atoms. The van der Waals surface area contributed by atoms with E-state index in [1.165, 1.54) is 18.6 Å². The standard InChI is InChI=1S/C15H23FN2O2S.ClH/c1-11-7-13(16)9-14(8-11)21(19,20)18-15(10-17)12-5-3-2-4-6-12;/h7-9,12,15,18H,2-6,10,17H2,1H3;1H. The van der Waals surface area contributed by atoms with Gasteiger partial charge in [0, 0.05) is 12.6 Å². The molecular formula is C15H24ClFN2O2S. The van der Waals surface area contributed by atoms with Gasteiger partial charge >= 0.3 is 0 Å². The number of nitrogens with one attached hydrogen (secondary N) is 1. The first kappa shape index (κ1) is 19.4. The predicted molar refractivity (Wildman–Crippen MR) is 88.1 cm³/mol. The molecule has 1 fully saturated rings. The molecule has 126 valence electrons. The molecule has 0 saturated heterocycles. The van der Waals surface area contributed by atoms with Gasteiger partial charge in [-0.15, -0.1) is 12.4 Å². The maximum atomic E-state index is 13.4. The van der Waals surface area contributed by atoms with Gasteiger partial charge in [-0.05, 0) is 49.4 Å². The van der Waals surface area contributed by atoms with E-state index in [4.69, 9.17) is 5.73 Å². The van der Waals surface area contributed by atoms with Crippen molar-refractivity contribution in [2.45, 2.75) is 50.0 Å². The van der Waals surface area contributed by atoms with Crippen LogP contribution in [0.2, 0.25) is 0 Å². The SMILES string of the molecule is Cc1cc(F)cc(S(=O)(=O)NC(CN)C2CCCCC2)c1.Cl. The second-order valence-electron chi connectivity index (χ2n) is 5.83. The molecule has 1 aliphatic carbocycles. The van der Waals surface area contributed by atoms with Gasteiger partial charge in [0.15, 0.2) is 0 Å². The highest BCUT2D eigenvalue weighted by atomic mass is 35.5. The largest absolute Gasteiger partial charge is 0.329 e. The van der Waals surface area contributed by atoms with Crippen molar-refractivity contribution in [3.8, 4) is 0 Å². The van der Waals surface area contributed by atoms with Crippen molar-refractivity contribution in [3.63, 3.8) is 0 Å². The van der Waals surface area contributed by atoms with Crippen LogP contribution in [0.5, 0.6) is 0 Å². The average molecular weight is 351 g/mol. The molecule has 1 aliphatic rings. The van der Waals surface area contributed by atoms with Gasteiger partial charge in [0.25, 0.3) is 0 Å². The van der Waals surface area contributed by atoms with Gasteiger partial charge in [-0.3, -0.25) is 0 Å². The fourth-order valence-corrected chi connectivity index (χ4v) is 4.43. The van der Waals surface area contributed by atoms with Crippen LogP contribution in [0.1, 0.15) is 37.7 Å². The molecule has 2 rings (SSSR count). The highest BCUT2D eigenvalue weighted by Gasteiger charge is 2.27. The molecule has 1 atom stereocenters. The number of aryl methyl sites for hydroxylation is 1. The minimum Gasteiger partial charge on any atom is -0.329 e. The molecule has 0 radical (unpaired) electrons. The molecule has 22 heavy (non-hydrogen) atoms. The van der Waals surface area contributed by atoms with Crippen molar-refractivity contribution in [3.05, 3.63) is 29.6 Å². The molecule has 1 aromatic rings. The molecular weight excluding hydrogens is 327 g/mol. The summed E-state index contributed by atoms with van der Waals surface area (Å²) in [6.45, 7) is 1.93. The molecule has 4 nitrogen and oxygen atoms in total. The lowest BCUT2D eigenvalue weighted by Gasteiger charge is -2.29. The predicted octanol–water partition coefficient (Wildman–Crippen LogP) is 2.74. The van der Waals surface area contributed by atoms with Crippen LogP contribution in [0.25, 0.3) is 0 Å². The third-order valence-electron chi connectivity index (χ3n) is 4.11. The number of rotatable bonds is 5. The van der Waals surface area contributed by atoms with E-state index >= 15 is 0 Å². The molecule has 0 heterocycles. The van der Waals surface area contributed by atoms with E-state index in [2.05, 4.69) is 4.72 Å². The molecule has 3 N–H and O–H groups in total. The summed E-state index contributed by atoms with van der Waals surface area (Å²) in [7, 11) is -3.74. The van der Waals surface area contributed by atoms with Crippen molar-refractivity contribution in [1.82, 2.24) is 4.72 Å². The first-order valence-electron chi connectivity index (χ1n) is 7.42. The number of benzene rings is 1. The molecule has 1 saturated carbocycles. The number of nitrogens with two attached hydrogens (primary N) is 1. The fourth-order valence-electron chi connectivity index (χ4n) is 3.00. The highest BCUT2D eigenvalue weighted by Crippen LogP contribution is 2.27. The molecule has 0 aromatic heterocycles. The number of sulfonamides is 1. The first-order chi connectivity index (χ1) is 9.92. The summed E-state index contributed by atoms with van der Waals surface area (Å²) >= 11 is 0. The van der Waals surface area contributed by atoms with Gasteiger partial charge in [-0.25, -0.2) is 17.5 Å². The van der Waals surface area contributed by atoms with Crippen LogP contribution < -0.4 is 10.5 Å². The van der Waals surface area contributed by atoms with Gasteiger partial charge in [-0.2, -0.15) is 0 Å². The van der Waals surface area contributed by atoms with Gasteiger partial charge in [-0.1, -0.05) is 19.3 Å². The summed E-state index contributed by atoms with van der Waals surface area (Å²) in [5, 5.41) is 0. The number of halogens is 2. The molecule has 7 heteroatoms. The Morgan fingerprint density at radius 2 is 1.91 bits per heavy atom. The second-order valence-corrected chi connectivity index (χ2v) is 7.54. The van der Waals surface area contributed by atoms with Gasteiger partial charge in [0.1, 0.15) is 5.82 Å². The lowest BCUT2D eigenvalue weighted by atomic mass is 9.84. The number of hydrogen-bond acceptors (Lipinski definition) is 3. The van der Waals surface area contributed by atoms with Gasteiger partial charge in [0.2, 0.25) is 10.0 Å². The van der Waals surface area contributed by atoms with Crippen molar-refractivity contribution in [1.29, 1.82) is 0 Å². The molecule has 1 aromatic carbocycles. The van der Waals surface area contributed by atoms with Crippen molar-refractivity contribution in [2.75, 3.05) is 6.54 Å². The zero-order valence-electron chi connectivity index (χ0n) is 12.7. The van der Waals surface area contributed by atoms with Crippen LogP contribution in [0.4, 0.5) is 4.39 Å². The van der Waals surface area contributed by atoms with Crippen molar-refractivity contribution < 1.29 is 12.8 Å². The third-order valence-corrected chi connectivity index (χ3v) is 5.57. The zero-order valence-corrected chi connectivity index (χ0v) is 14.4. The second kappa shape index (κ2) is 8.24. The third kappa shape index (κ3) is 4.91. The number of hydrogen-bond donors (Lipinski definition) is 2. The topological polar surface area (TPSA) is 72.2 Å². The van der Waals surface area contributed by atoms with Crippen LogP contribution in [0, 0.1) is 18.7 Å². The van der Waals surface area contributed by atoms with E-state index < -0.39 is 15.8 Å². The van der Waals surface area contributed by atoms with Gasteiger partial charge in [0.05, 0.1) is 4.90 Å². The fraction of sp³-hybridized carbons (Fsp3) is 0.600. The molecule has 0 spiro atoms. The van der Waals surface area contributed by atoms with Crippen LogP contribution in [0.3, 0.4) is 0 Å². The Balaban J connectivity index is 0.00000242. The van der Waals surface area contributed by atoms with Crippen LogP contribution >= 0.6 is 12.4 Å². The van der Waals surface area contributed by atoms with Crippen LogP contribution in [-0.4, -0.2) is 21.0 Å². The summed E-state index contributed by atoms with van der Waals surface area (Å²) < 4.78 is 40.9. The normalized spacial score (nSPS) is 17.8. The van der Waals surface area contributed by atoms with Crippen molar-refractivity contribution >= 4 is 22.4 Å². The summed E-state index contributed by atoms with van der Waals surface area (Å²) in [6, 6.07) is 3.54. The molecule has 1 unspecified atom stereocenters. The summed E-state index contributed by atoms with van der Waals surface area (Å²) in [4.78, 5) is -0.0331. The quantitative estimate of drug-likeness (QED) is 0.857. The highest BCUT2D eigenvalue weighted by molar-refractivity contribution is 7.89. The maximum Gasteiger partial charge on any atom is 0.240 e. The monoisotopic (exact) mass is 350 g/mol.